The SMILES string of the molecule is Cc1ccc(-n2c(N)nc3ccc(C#N)cc32)cc1Cl. The molecule has 0 fully saturated rings. The summed E-state index contributed by atoms with van der Waals surface area (Å²) in [5, 5.41) is 9.68. The molecule has 0 atom stereocenters. The number of hydrogen-bond acceptors (Lipinski definition) is 3. The number of aromatic nitrogens is 2. The average molecular weight is 283 g/mol. The third-order valence-electron chi connectivity index (χ3n) is 3.22. The summed E-state index contributed by atoms with van der Waals surface area (Å²) < 4.78 is 1.79. The van der Waals surface area contributed by atoms with Gasteiger partial charge in [-0.3, -0.25) is 4.57 Å². The number of halogens is 1. The van der Waals surface area contributed by atoms with E-state index in [0.29, 0.717) is 16.5 Å². The fraction of sp³-hybridized carbons (Fsp3) is 0.0667. The molecule has 0 aliphatic heterocycles. The molecule has 0 bridgehead atoms. The Bertz CT molecular complexity index is 858. The van der Waals surface area contributed by atoms with Gasteiger partial charge in [0.25, 0.3) is 0 Å². The van der Waals surface area contributed by atoms with Gasteiger partial charge in [0.05, 0.1) is 28.4 Å². The molecule has 0 unspecified atom stereocenters. The smallest absolute Gasteiger partial charge is 0.205 e. The number of benzene rings is 2. The normalized spacial score (nSPS) is 10.7. The standard InChI is InChI=1S/C15H11ClN4/c1-9-2-4-11(7-12(9)16)20-14-6-10(8-17)3-5-13(14)19-15(20)18/h2-7H,1H3,(H2,18,19). The number of imidazole rings is 1. The quantitative estimate of drug-likeness (QED) is 0.743. The first-order valence-corrected chi connectivity index (χ1v) is 6.42. The van der Waals surface area contributed by atoms with Crippen molar-refractivity contribution in [2.24, 2.45) is 0 Å². The highest BCUT2D eigenvalue weighted by Crippen LogP contribution is 2.26. The molecule has 2 aromatic carbocycles. The van der Waals surface area contributed by atoms with Gasteiger partial charge < -0.3 is 5.73 Å². The van der Waals surface area contributed by atoms with Gasteiger partial charge in [0, 0.05) is 5.02 Å². The van der Waals surface area contributed by atoms with Crippen LogP contribution in [0.5, 0.6) is 0 Å². The van der Waals surface area contributed by atoms with E-state index in [4.69, 9.17) is 22.6 Å². The molecule has 0 radical (unpaired) electrons. The second kappa shape index (κ2) is 4.55. The summed E-state index contributed by atoms with van der Waals surface area (Å²) in [5.74, 6) is 0.370. The van der Waals surface area contributed by atoms with Crippen molar-refractivity contribution < 1.29 is 0 Å². The second-order valence-corrected chi connectivity index (χ2v) is 4.96. The Kier molecular flexibility index (Phi) is 2.85. The fourth-order valence-corrected chi connectivity index (χ4v) is 2.33. The van der Waals surface area contributed by atoms with Crippen LogP contribution in [0.1, 0.15) is 11.1 Å². The van der Waals surface area contributed by atoms with Crippen molar-refractivity contribution in [2.45, 2.75) is 6.92 Å². The van der Waals surface area contributed by atoms with Crippen LogP contribution in [0.2, 0.25) is 5.02 Å². The van der Waals surface area contributed by atoms with Crippen molar-refractivity contribution in [1.82, 2.24) is 9.55 Å². The number of fused-ring (bicyclic) bond motifs is 1. The maximum atomic E-state index is 9.01. The number of nitrogens with two attached hydrogens (primary N) is 1. The van der Waals surface area contributed by atoms with E-state index in [2.05, 4.69) is 11.1 Å². The minimum absolute atomic E-state index is 0.370. The second-order valence-electron chi connectivity index (χ2n) is 4.55. The molecule has 98 valence electrons. The van der Waals surface area contributed by atoms with Crippen LogP contribution in [0.15, 0.2) is 36.4 Å². The molecule has 1 aromatic heterocycles. The van der Waals surface area contributed by atoms with Gasteiger partial charge in [-0.15, -0.1) is 0 Å². The monoisotopic (exact) mass is 282 g/mol. The van der Waals surface area contributed by atoms with Gasteiger partial charge in [0.2, 0.25) is 5.95 Å². The number of nitriles is 1. The molecule has 0 aliphatic rings. The Balaban J connectivity index is 2.32. The van der Waals surface area contributed by atoms with Crippen LogP contribution in [-0.4, -0.2) is 9.55 Å². The molecule has 20 heavy (non-hydrogen) atoms. The average Bonchev–Trinajstić information content (AvgIpc) is 2.77. The van der Waals surface area contributed by atoms with Crippen molar-refractivity contribution in [3.05, 3.63) is 52.5 Å². The lowest BCUT2D eigenvalue weighted by atomic mass is 10.2. The largest absolute Gasteiger partial charge is 0.369 e. The van der Waals surface area contributed by atoms with Gasteiger partial charge in [-0.05, 0) is 42.8 Å². The molecule has 0 saturated carbocycles. The lowest BCUT2D eigenvalue weighted by Gasteiger charge is -2.08. The van der Waals surface area contributed by atoms with Crippen molar-refractivity contribution in [2.75, 3.05) is 5.73 Å². The Morgan fingerprint density at radius 3 is 2.75 bits per heavy atom. The molecular weight excluding hydrogens is 272 g/mol. The van der Waals surface area contributed by atoms with Gasteiger partial charge in [-0.1, -0.05) is 17.7 Å². The first-order valence-electron chi connectivity index (χ1n) is 6.05. The maximum absolute atomic E-state index is 9.01. The highest BCUT2D eigenvalue weighted by molar-refractivity contribution is 6.31. The van der Waals surface area contributed by atoms with E-state index in [-0.39, 0.29) is 0 Å². The maximum Gasteiger partial charge on any atom is 0.205 e. The molecule has 0 saturated heterocycles. The molecule has 4 nitrogen and oxygen atoms in total. The minimum Gasteiger partial charge on any atom is -0.369 e. The van der Waals surface area contributed by atoms with Gasteiger partial charge in [0.15, 0.2) is 0 Å². The predicted molar refractivity (Wildman–Crippen MR) is 79.9 cm³/mol. The van der Waals surface area contributed by atoms with Crippen LogP contribution >= 0.6 is 11.6 Å². The lowest BCUT2D eigenvalue weighted by Crippen LogP contribution is -2.00. The summed E-state index contributed by atoms with van der Waals surface area (Å²) in [4.78, 5) is 4.31. The van der Waals surface area contributed by atoms with Crippen molar-refractivity contribution in [1.29, 1.82) is 5.26 Å². The van der Waals surface area contributed by atoms with Crippen molar-refractivity contribution in [3.63, 3.8) is 0 Å². The lowest BCUT2D eigenvalue weighted by molar-refractivity contribution is 1.11. The Labute approximate surface area is 121 Å². The van der Waals surface area contributed by atoms with E-state index in [0.717, 1.165) is 22.3 Å². The van der Waals surface area contributed by atoms with Crippen LogP contribution in [0.3, 0.4) is 0 Å². The summed E-state index contributed by atoms with van der Waals surface area (Å²) in [6.07, 6.45) is 0. The minimum atomic E-state index is 0.370. The Hall–Kier alpha value is -2.51. The molecule has 3 rings (SSSR count). The number of hydrogen-bond donors (Lipinski definition) is 1. The van der Waals surface area contributed by atoms with E-state index >= 15 is 0 Å². The van der Waals surface area contributed by atoms with E-state index < -0.39 is 0 Å². The van der Waals surface area contributed by atoms with Crippen molar-refractivity contribution in [3.8, 4) is 11.8 Å². The first kappa shape index (κ1) is 12.5. The Morgan fingerprint density at radius 2 is 2.05 bits per heavy atom. The van der Waals surface area contributed by atoms with E-state index in [9.17, 15) is 0 Å². The third-order valence-corrected chi connectivity index (χ3v) is 3.63. The number of rotatable bonds is 1. The summed E-state index contributed by atoms with van der Waals surface area (Å²) in [6, 6.07) is 13.1. The molecular formula is C15H11ClN4. The fourth-order valence-electron chi connectivity index (χ4n) is 2.16. The zero-order valence-corrected chi connectivity index (χ0v) is 11.5. The van der Waals surface area contributed by atoms with Crippen LogP contribution in [0.25, 0.3) is 16.7 Å². The highest BCUT2D eigenvalue weighted by Gasteiger charge is 2.11. The van der Waals surface area contributed by atoms with Gasteiger partial charge in [0.1, 0.15) is 0 Å². The molecule has 3 aromatic rings. The van der Waals surface area contributed by atoms with Gasteiger partial charge in [-0.25, -0.2) is 4.98 Å². The van der Waals surface area contributed by atoms with Crippen LogP contribution in [0.4, 0.5) is 5.95 Å². The zero-order valence-electron chi connectivity index (χ0n) is 10.8. The summed E-state index contributed by atoms with van der Waals surface area (Å²) in [6.45, 7) is 1.94. The predicted octanol–water partition coefficient (Wildman–Crippen LogP) is 3.44. The molecule has 1 heterocycles. The highest BCUT2D eigenvalue weighted by atomic mass is 35.5. The Morgan fingerprint density at radius 1 is 1.25 bits per heavy atom. The summed E-state index contributed by atoms with van der Waals surface area (Å²) in [7, 11) is 0. The van der Waals surface area contributed by atoms with E-state index in [1.54, 1.807) is 22.8 Å². The zero-order chi connectivity index (χ0) is 14.3. The first-order chi connectivity index (χ1) is 9.60. The molecule has 0 aliphatic carbocycles. The van der Waals surface area contributed by atoms with Gasteiger partial charge in [-0.2, -0.15) is 5.26 Å². The summed E-state index contributed by atoms with van der Waals surface area (Å²) in [5.41, 5.74) is 9.92. The number of aryl methyl sites for hydroxylation is 1. The van der Waals surface area contributed by atoms with Crippen molar-refractivity contribution >= 4 is 28.6 Å². The molecule has 0 spiro atoms. The number of anilines is 1. The van der Waals surface area contributed by atoms with E-state index in [1.807, 2.05) is 25.1 Å². The van der Waals surface area contributed by atoms with Gasteiger partial charge >= 0.3 is 0 Å². The van der Waals surface area contributed by atoms with E-state index in [1.165, 1.54) is 0 Å². The van der Waals surface area contributed by atoms with Crippen LogP contribution in [-0.2, 0) is 0 Å². The summed E-state index contributed by atoms with van der Waals surface area (Å²) >= 11 is 6.17. The molecule has 0 amide bonds. The van der Waals surface area contributed by atoms with Crippen LogP contribution < -0.4 is 5.73 Å². The third kappa shape index (κ3) is 1.89. The molecule has 5 heteroatoms. The van der Waals surface area contributed by atoms with Crippen LogP contribution in [0, 0.1) is 18.3 Å². The number of nitrogen functional groups attached to an aromatic ring is 1. The molecule has 2 N–H and O–H groups in total. The topological polar surface area (TPSA) is 67.6 Å². The number of nitrogens with zero attached hydrogens (tertiary/aromatic N) is 3.